The Bertz CT molecular complexity index is 1340. The summed E-state index contributed by atoms with van der Waals surface area (Å²) in [6, 6.07) is 15.0. The number of carbonyl (C=O) groups excluding carboxylic acids is 2. The van der Waals surface area contributed by atoms with Gasteiger partial charge in [-0.15, -0.1) is 0 Å². The zero-order valence-corrected chi connectivity index (χ0v) is 24.1. The minimum Gasteiger partial charge on any atom is -0.350 e. The van der Waals surface area contributed by atoms with E-state index >= 15 is 0 Å². The summed E-state index contributed by atoms with van der Waals surface area (Å²) in [7, 11) is 0. The van der Waals surface area contributed by atoms with Gasteiger partial charge in [0, 0.05) is 62.3 Å². The van der Waals surface area contributed by atoms with Gasteiger partial charge in [-0.25, -0.2) is 0 Å². The fourth-order valence-corrected chi connectivity index (χ4v) is 7.15. The third-order valence-electron chi connectivity index (χ3n) is 9.42. The molecule has 212 valence electrons. The molecule has 1 aromatic heterocycles. The van der Waals surface area contributed by atoms with E-state index in [1.807, 2.05) is 15.9 Å². The predicted octanol–water partition coefficient (Wildman–Crippen LogP) is 4.54. The summed E-state index contributed by atoms with van der Waals surface area (Å²) in [6.07, 6.45) is 4.53. The van der Waals surface area contributed by atoms with Crippen LogP contribution in [0.1, 0.15) is 64.3 Å². The van der Waals surface area contributed by atoms with E-state index in [-0.39, 0.29) is 11.8 Å². The molecule has 3 saturated heterocycles. The van der Waals surface area contributed by atoms with Crippen LogP contribution in [-0.2, 0) is 11.3 Å². The Labute approximate surface area is 238 Å². The lowest BCUT2D eigenvalue weighted by Gasteiger charge is -2.35. The fraction of sp³-hybridized carbons (Fsp3) is 0.515. The van der Waals surface area contributed by atoms with Crippen LogP contribution in [0.3, 0.4) is 0 Å². The SMILES string of the molecule is Cc1cccc(C)c1C1CCN(Cc2c(C(=O)N3CCN(CC(=O)N4CCCC4)CC3)[nH]c3ccccc23)CC1. The van der Waals surface area contributed by atoms with Crippen LogP contribution in [0, 0.1) is 13.8 Å². The number of fused-ring (bicyclic) bond motifs is 1. The van der Waals surface area contributed by atoms with E-state index < -0.39 is 0 Å². The number of nitrogens with one attached hydrogen (secondary N) is 1. The van der Waals surface area contributed by atoms with Gasteiger partial charge < -0.3 is 14.8 Å². The van der Waals surface area contributed by atoms with Crippen LogP contribution >= 0.6 is 0 Å². The number of aromatic nitrogens is 1. The van der Waals surface area contributed by atoms with Crippen molar-refractivity contribution in [3.05, 3.63) is 70.4 Å². The molecule has 4 heterocycles. The second kappa shape index (κ2) is 11.8. The van der Waals surface area contributed by atoms with Crippen LogP contribution < -0.4 is 0 Å². The number of piperazine rings is 1. The molecule has 1 N–H and O–H groups in total. The van der Waals surface area contributed by atoms with E-state index in [0.717, 1.165) is 93.7 Å². The lowest BCUT2D eigenvalue weighted by molar-refractivity contribution is -0.131. The van der Waals surface area contributed by atoms with Crippen molar-refractivity contribution in [3.63, 3.8) is 0 Å². The number of H-pyrrole nitrogens is 1. The summed E-state index contributed by atoms with van der Waals surface area (Å²) in [5.41, 5.74) is 7.23. The van der Waals surface area contributed by atoms with Gasteiger partial charge >= 0.3 is 0 Å². The van der Waals surface area contributed by atoms with Crippen LogP contribution in [0.2, 0.25) is 0 Å². The van der Waals surface area contributed by atoms with Crippen molar-refractivity contribution >= 4 is 22.7 Å². The third-order valence-corrected chi connectivity index (χ3v) is 9.42. The van der Waals surface area contributed by atoms with Gasteiger partial charge in [-0.3, -0.25) is 19.4 Å². The molecule has 2 aromatic carbocycles. The molecule has 3 aromatic rings. The number of hydrogen-bond donors (Lipinski definition) is 1. The van der Waals surface area contributed by atoms with E-state index in [2.05, 4.69) is 65.0 Å². The maximum absolute atomic E-state index is 13.9. The number of amides is 2. The number of rotatable bonds is 6. The minimum absolute atomic E-state index is 0.0853. The lowest BCUT2D eigenvalue weighted by atomic mass is 9.84. The number of nitrogens with zero attached hydrogens (tertiary/aromatic N) is 4. The Kier molecular flexibility index (Phi) is 7.94. The van der Waals surface area contributed by atoms with E-state index in [1.165, 1.54) is 16.7 Å². The average Bonchev–Trinajstić information content (AvgIpc) is 3.63. The number of hydrogen-bond acceptors (Lipinski definition) is 4. The highest BCUT2D eigenvalue weighted by molar-refractivity contribution is 6.01. The summed E-state index contributed by atoms with van der Waals surface area (Å²) in [4.78, 5) is 38.7. The smallest absolute Gasteiger partial charge is 0.270 e. The molecule has 7 nitrogen and oxygen atoms in total. The number of benzene rings is 2. The largest absolute Gasteiger partial charge is 0.350 e. The van der Waals surface area contributed by atoms with Gasteiger partial charge in [-0.2, -0.15) is 0 Å². The number of likely N-dealkylation sites (tertiary alicyclic amines) is 2. The van der Waals surface area contributed by atoms with Gasteiger partial charge in [0.25, 0.3) is 5.91 Å². The molecule has 3 fully saturated rings. The maximum Gasteiger partial charge on any atom is 0.270 e. The number of para-hydroxylation sites is 1. The normalized spacial score (nSPS) is 19.6. The Morgan fingerprint density at radius 3 is 2.15 bits per heavy atom. The fourth-order valence-electron chi connectivity index (χ4n) is 7.15. The molecular formula is C33H43N5O2. The first-order valence-electron chi connectivity index (χ1n) is 15.2. The molecule has 3 aliphatic rings. The molecule has 40 heavy (non-hydrogen) atoms. The second-order valence-corrected chi connectivity index (χ2v) is 12.0. The van der Waals surface area contributed by atoms with Crippen LogP contribution in [-0.4, -0.2) is 95.3 Å². The Morgan fingerprint density at radius 1 is 0.775 bits per heavy atom. The zero-order chi connectivity index (χ0) is 27.6. The Morgan fingerprint density at radius 2 is 1.45 bits per heavy atom. The summed E-state index contributed by atoms with van der Waals surface area (Å²) >= 11 is 0. The Hall–Kier alpha value is -3.16. The third kappa shape index (κ3) is 5.54. The summed E-state index contributed by atoms with van der Waals surface area (Å²) in [5, 5.41) is 1.15. The summed E-state index contributed by atoms with van der Waals surface area (Å²) in [5.74, 6) is 0.925. The zero-order valence-electron chi connectivity index (χ0n) is 24.1. The number of piperidine rings is 1. The van der Waals surface area contributed by atoms with Gasteiger partial charge in [0.05, 0.1) is 6.54 Å². The maximum atomic E-state index is 13.9. The first kappa shape index (κ1) is 27.0. The molecule has 0 aliphatic carbocycles. The molecule has 2 amide bonds. The molecular weight excluding hydrogens is 498 g/mol. The van der Waals surface area contributed by atoms with Crippen molar-refractivity contribution in [1.82, 2.24) is 24.6 Å². The van der Waals surface area contributed by atoms with Gasteiger partial charge in [0.2, 0.25) is 5.91 Å². The molecule has 0 saturated carbocycles. The highest BCUT2D eigenvalue weighted by Crippen LogP contribution is 2.34. The number of aryl methyl sites for hydroxylation is 2. The van der Waals surface area contributed by atoms with Gasteiger partial charge in [0.1, 0.15) is 5.69 Å². The molecule has 6 rings (SSSR count). The quantitative estimate of drug-likeness (QED) is 0.498. The van der Waals surface area contributed by atoms with Crippen LogP contribution in [0.4, 0.5) is 0 Å². The second-order valence-electron chi connectivity index (χ2n) is 12.0. The van der Waals surface area contributed by atoms with Crippen LogP contribution in [0.5, 0.6) is 0 Å². The van der Waals surface area contributed by atoms with E-state index in [0.29, 0.717) is 25.6 Å². The van der Waals surface area contributed by atoms with Gasteiger partial charge in [-0.1, -0.05) is 36.4 Å². The standard InChI is InChI=1S/C33H43N5O2/c1-24-8-7-9-25(2)31(24)26-12-16-35(17-13-26)22-28-27-10-3-4-11-29(27)34-32(28)33(40)38-20-18-36(19-21-38)23-30(39)37-14-5-6-15-37/h3-4,7-11,26,34H,5-6,12-23H2,1-2H3. The van der Waals surface area contributed by atoms with E-state index in [9.17, 15) is 9.59 Å². The van der Waals surface area contributed by atoms with Crippen molar-refractivity contribution in [3.8, 4) is 0 Å². The lowest BCUT2D eigenvalue weighted by Crippen LogP contribution is -2.51. The van der Waals surface area contributed by atoms with Crippen LogP contribution in [0.15, 0.2) is 42.5 Å². The highest BCUT2D eigenvalue weighted by Gasteiger charge is 2.30. The molecule has 0 atom stereocenters. The van der Waals surface area contributed by atoms with E-state index in [4.69, 9.17) is 0 Å². The van der Waals surface area contributed by atoms with Crippen molar-refractivity contribution in [2.45, 2.75) is 52.0 Å². The number of aromatic amines is 1. The first-order valence-corrected chi connectivity index (χ1v) is 15.2. The predicted molar refractivity (Wildman–Crippen MR) is 160 cm³/mol. The molecule has 7 heteroatoms. The molecule has 0 radical (unpaired) electrons. The monoisotopic (exact) mass is 541 g/mol. The summed E-state index contributed by atoms with van der Waals surface area (Å²) in [6.45, 7) is 12.4. The highest BCUT2D eigenvalue weighted by atomic mass is 16.2. The topological polar surface area (TPSA) is 62.9 Å². The molecule has 3 aliphatic heterocycles. The van der Waals surface area contributed by atoms with Crippen molar-refractivity contribution in [2.75, 3.05) is 58.9 Å². The average molecular weight is 542 g/mol. The molecule has 0 unspecified atom stereocenters. The van der Waals surface area contributed by atoms with Crippen molar-refractivity contribution in [1.29, 1.82) is 0 Å². The van der Waals surface area contributed by atoms with Crippen LogP contribution in [0.25, 0.3) is 10.9 Å². The Balaban J connectivity index is 1.12. The van der Waals surface area contributed by atoms with Crippen molar-refractivity contribution < 1.29 is 9.59 Å². The van der Waals surface area contributed by atoms with Gasteiger partial charge in [0.15, 0.2) is 0 Å². The van der Waals surface area contributed by atoms with E-state index in [1.54, 1.807) is 0 Å². The first-order chi connectivity index (χ1) is 19.5. The molecule has 0 spiro atoms. The number of carbonyl (C=O) groups is 2. The minimum atomic E-state index is 0.0853. The van der Waals surface area contributed by atoms with Crippen molar-refractivity contribution in [2.24, 2.45) is 0 Å². The van der Waals surface area contributed by atoms with Gasteiger partial charge in [-0.05, 0) is 81.3 Å². The molecule has 0 bridgehead atoms. The summed E-state index contributed by atoms with van der Waals surface area (Å²) < 4.78 is 0.